The van der Waals surface area contributed by atoms with Crippen LogP contribution in [0.3, 0.4) is 0 Å². The minimum Gasteiger partial charge on any atom is -0.477 e. The van der Waals surface area contributed by atoms with E-state index >= 15 is 0 Å². The first-order chi connectivity index (χ1) is 8.13. The molecule has 0 bridgehead atoms. The van der Waals surface area contributed by atoms with Crippen LogP contribution in [0.5, 0.6) is 0 Å². The van der Waals surface area contributed by atoms with Crippen LogP contribution in [0, 0.1) is 0 Å². The van der Waals surface area contributed by atoms with Crippen molar-refractivity contribution in [2.24, 2.45) is 0 Å². The monoisotopic (exact) mass is 312 g/mol. The van der Waals surface area contributed by atoms with Crippen molar-refractivity contribution in [2.75, 3.05) is 0 Å². The van der Waals surface area contributed by atoms with Crippen molar-refractivity contribution in [1.82, 2.24) is 9.97 Å². The molecule has 0 saturated carbocycles. The highest BCUT2D eigenvalue weighted by atomic mass is 79.9. The number of halogens is 1. The molecule has 1 N–H and O–H groups in total. The van der Waals surface area contributed by atoms with Gasteiger partial charge in [-0.2, -0.15) is 0 Å². The first-order valence-corrected chi connectivity index (χ1v) is 6.58. The van der Waals surface area contributed by atoms with Gasteiger partial charge in [0.15, 0.2) is 0 Å². The quantitative estimate of drug-likeness (QED) is 0.945. The molecular formula is C11H9BrN2O2S. The predicted molar refractivity (Wildman–Crippen MR) is 69.4 cm³/mol. The molecule has 0 aromatic carbocycles. The average Bonchev–Trinajstić information content (AvgIpc) is 2.73. The van der Waals surface area contributed by atoms with Crippen LogP contribution in [0.1, 0.15) is 22.3 Å². The second-order valence-electron chi connectivity index (χ2n) is 3.29. The summed E-state index contributed by atoms with van der Waals surface area (Å²) in [5.74, 6) is -0.933. The highest BCUT2D eigenvalue weighted by molar-refractivity contribution is 9.10. The molecule has 0 unspecified atom stereocenters. The lowest BCUT2D eigenvalue weighted by Gasteiger charge is -1.97. The Hall–Kier alpha value is -1.27. The number of aromatic carboxylic acids is 1. The van der Waals surface area contributed by atoms with Crippen LogP contribution in [-0.2, 0) is 6.42 Å². The largest absolute Gasteiger partial charge is 0.477 e. The van der Waals surface area contributed by atoms with E-state index in [1.54, 1.807) is 12.3 Å². The van der Waals surface area contributed by atoms with Crippen LogP contribution in [-0.4, -0.2) is 21.0 Å². The third-order valence-electron chi connectivity index (χ3n) is 2.19. The van der Waals surface area contributed by atoms with Gasteiger partial charge in [0.05, 0.1) is 5.69 Å². The summed E-state index contributed by atoms with van der Waals surface area (Å²) < 4.78 is 0.813. The summed E-state index contributed by atoms with van der Waals surface area (Å²) in [7, 11) is 0. The van der Waals surface area contributed by atoms with E-state index < -0.39 is 5.97 Å². The van der Waals surface area contributed by atoms with E-state index in [-0.39, 0.29) is 0 Å². The Labute approximate surface area is 110 Å². The molecule has 0 aliphatic heterocycles. The summed E-state index contributed by atoms with van der Waals surface area (Å²) in [5, 5.41) is 9.70. The lowest BCUT2D eigenvalue weighted by molar-refractivity contribution is 0.0701. The topological polar surface area (TPSA) is 63.1 Å². The molecule has 0 atom stereocenters. The maximum absolute atomic E-state index is 11.0. The zero-order valence-corrected chi connectivity index (χ0v) is 11.4. The minimum absolute atomic E-state index is 0.292. The second-order valence-corrected chi connectivity index (χ2v) is 5.14. The van der Waals surface area contributed by atoms with Gasteiger partial charge < -0.3 is 5.11 Å². The highest BCUT2D eigenvalue weighted by Gasteiger charge is 2.18. The van der Waals surface area contributed by atoms with Crippen molar-refractivity contribution < 1.29 is 9.90 Å². The molecule has 2 aromatic heterocycles. The van der Waals surface area contributed by atoms with E-state index in [1.807, 2.05) is 13.0 Å². The van der Waals surface area contributed by atoms with Gasteiger partial charge in [0.25, 0.3) is 0 Å². The molecule has 0 aliphatic rings. The van der Waals surface area contributed by atoms with Crippen LogP contribution < -0.4 is 0 Å². The maximum Gasteiger partial charge on any atom is 0.347 e. The number of carbonyl (C=O) groups is 1. The molecule has 88 valence electrons. The van der Waals surface area contributed by atoms with Crippen LogP contribution >= 0.6 is 27.3 Å². The predicted octanol–water partition coefficient (Wildman–Crippen LogP) is 3.23. The van der Waals surface area contributed by atoms with E-state index in [2.05, 4.69) is 25.9 Å². The Morgan fingerprint density at radius 1 is 1.59 bits per heavy atom. The van der Waals surface area contributed by atoms with Crippen LogP contribution in [0.25, 0.3) is 10.7 Å². The molecule has 4 nitrogen and oxygen atoms in total. The van der Waals surface area contributed by atoms with Gasteiger partial charge in [-0.05, 0) is 34.5 Å². The fourth-order valence-electron chi connectivity index (χ4n) is 1.40. The summed E-state index contributed by atoms with van der Waals surface area (Å²) in [4.78, 5) is 19.9. The van der Waals surface area contributed by atoms with Crippen molar-refractivity contribution in [1.29, 1.82) is 0 Å². The molecule has 2 heterocycles. The van der Waals surface area contributed by atoms with E-state index in [0.29, 0.717) is 27.7 Å². The highest BCUT2D eigenvalue weighted by Crippen LogP contribution is 2.31. The number of nitrogens with zero attached hydrogens (tertiary/aromatic N) is 2. The standard InChI is InChI=1S/C11H9BrN2O2S/c1-2-7-9(11(15)16)17-10(14-7)8-6(12)4-3-5-13-8/h3-5H,2H2,1H3,(H,15,16). The lowest BCUT2D eigenvalue weighted by atomic mass is 10.3. The molecule has 17 heavy (non-hydrogen) atoms. The van der Waals surface area contributed by atoms with E-state index in [0.717, 1.165) is 15.8 Å². The van der Waals surface area contributed by atoms with Crippen molar-refractivity contribution in [3.63, 3.8) is 0 Å². The Bertz CT molecular complexity index is 568. The molecule has 0 amide bonds. The van der Waals surface area contributed by atoms with E-state index in [1.165, 1.54) is 0 Å². The number of aromatic nitrogens is 2. The normalized spacial score (nSPS) is 10.5. The van der Waals surface area contributed by atoms with Crippen molar-refractivity contribution in [2.45, 2.75) is 13.3 Å². The number of hydrogen-bond acceptors (Lipinski definition) is 4. The smallest absolute Gasteiger partial charge is 0.347 e. The molecule has 0 saturated heterocycles. The van der Waals surface area contributed by atoms with Gasteiger partial charge in [-0.15, -0.1) is 11.3 Å². The Balaban J connectivity index is 2.54. The summed E-state index contributed by atoms with van der Waals surface area (Å²) in [6.45, 7) is 1.89. The van der Waals surface area contributed by atoms with Gasteiger partial charge in [-0.3, -0.25) is 4.98 Å². The fourth-order valence-corrected chi connectivity index (χ4v) is 2.98. The van der Waals surface area contributed by atoms with Gasteiger partial charge >= 0.3 is 5.97 Å². The minimum atomic E-state index is -0.933. The van der Waals surface area contributed by atoms with Gasteiger partial charge in [0.2, 0.25) is 0 Å². The fraction of sp³-hybridized carbons (Fsp3) is 0.182. The number of pyridine rings is 1. The number of carboxylic acids is 1. The summed E-state index contributed by atoms with van der Waals surface area (Å²) >= 11 is 4.54. The van der Waals surface area contributed by atoms with Crippen LogP contribution in [0.15, 0.2) is 22.8 Å². The van der Waals surface area contributed by atoms with Crippen molar-refractivity contribution in [3.05, 3.63) is 33.4 Å². The number of aryl methyl sites for hydroxylation is 1. The summed E-state index contributed by atoms with van der Waals surface area (Å²) in [5.41, 5.74) is 1.29. The summed E-state index contributed by atoms with van der Waals surface area (Å²) in [6, 6.07) is 3.66. The second kappa shape index (κ2) is 4.93. The van der Waals surface area contributed by atoms with Gasteiger partial charge in [0, 0.05) is 10.7 Å². The molecular weight excluding hydrogens is 304 g/mol. The molecule has 0 radical (unpaired) electrons. The number of thiazole rings is 1. The van der Waals surface area contributed by atoms with Crippen LogP contribution in [0.4, 0.5) is 0 Å². The third kappa shape index (κ3) is 2.37. The van der Waals surface area contributed by atoms with Gasteiger partial charge in [0.1, 0.15) is 15.6 Å². The molecule has 2 aromatic rings. The number of rotatable bonds is 3. The first kappa shape index (κ1) is 12.2. The van der Waals surface area contributed by atoms with Gasteiger partial charge in [-0.1, -0.05) is 6.92 Å². The average molecular weight is 313 g/mol. The first-order valence-electron chi connectivity index (χ1n) is 4.97. The molecule has 2 rings (SSSR count). The third-order valence-corrected chi connectivity index (χ3v) is 3.92. The van der Waals surface area contributed by atoms with Crippen molar-refractivity contribution in [3.8, 4) is 10.7 Å². The zero-order chi connectivity index (χ0) is 12.4. The molecule has 6 heteroatoms. The number of hydrogen-bond donors (Lipinski definition) is 1. The molecule has 0 aliphatic carbocycles. The molecule has 0 spiro atoms. The Morgan fingerprint density at radius 3 is 2.88 bits per heavy atom. The molecule has 0 fully saturated rings. The van der Waals surface area contributed by atoms with E-state index in [9.17, 15) is 4.79 Å². The van der Waals surface area contributed by atoms with Crippen molar-refractivity contribution >= 4 is 33.2 Å². The zero-order valence-electron chi connectivity index (χ0n) is 8.98. The maximum atomic E-state index is 11.0. The van der Waals surface area contributed by atoms with Crippen LogP contribution in [0.2, 0.25) is 0 Å². The Kier molecular flexibility index (Phi) is 3.54. The number of carboxylic acid groups (broad SMARTS) is 1. The SMILES string of the molecule is CCc1nc(-c2ncccc2Br)sc1C(=O)O. The van der Waals surface area contributed by atoms with Gasteiger partial charge in [-0.25, -0.2) is 9.78 Å². The summed E-state index contributed by atoms with van der Waals surface area (Å²) in [6.07, 6.45) is 2.26. The van der Waals surface area contributed by atoms with E-state index in [4.69, 9.17) is 5.11 Å². The lowest BCUT2D eigenvalue weighted by Crippen LogP contribution is -1.97. The Morgan fingerprint density at radius 2 is 2.35 bits per heavy atom.